The smallest absolute Gasteiger partial charge is 0.0456 e. The summed E-state index contributed by atoms with van der Waals surface area (Å²) < 4.78 is 0. The molecule has 1 unspecified atom stereocenters. The van der Waals surface area contributed by atoms with E-state index >= 15 is 0 Å². The molecule has 0 amide bonds. The zero-order valence-corrected chi connectivity index (χ0v) is 13.4. The SMILES string of the molecule is CCCCCCCCc1ccc(CCC(C)CO)cc1. The standard InChI is InChI=1S/C19H32O/c1-3-4-5-6-7-8-9-18-12-14-19(15-13-18)11-10-17(2)16-20/h12-15,17,20H,3-11,16H2,1-2H3. The van der Waals surface area contributed by atoms with Gasteiger partial charge in [0.25, 0.3) is 0 Å². The highest BCUT2D eigenvalue weighted by Crippen LogP contribution is 2.13. The van der Waals surface area contributed by atoms with Gasteiger partial charge < -0.3 is 5.11 Å². The van der Waals surface area contributed by atoms with E-state index in [2.05, 4.69) is 38.1 Å². The van der Waals surface area contributed by atoms with Gasteiger partial charge >= 0.3 is 0 Å². The van der Waals surface area contributed by atoms with Crippen molar-refractivity contribution in [2.75, 3.05) is 6.61 Å². The predicted molar refractivity (Wildman–Crippen MR) is 88.1 cm³/mol. The molecule has 0 saturated heterocycles. The van der Waals surface area contributed by atoms with E-state index < -0.39 is 0 Å². The Kier molecular flexibility index (Phi) is 9.40. The Balaban J connectivity index is 2.18. The molecule has 1 aromatic rings. The fraction of sp³-hybridized carbons (Fsp3) is 0.684. The highest BCUT2D eigenvalue weighted by Gasteiger charge is 2.01. The lowest BCUT2D eigenvalue weighted by molar-refractivity contribution is 0.230. The minimum atomic E-state index is 0.302. The molecule has 1 rings (SSSR count). The molecule has 1 atom stereocenters. The van der Waals surface area contributed by atoms with Crippen molar-refractivity contribution >= 4 is 0 Å². The number of aliphatic hydroxyl groups excluding tert-OH is 1. The summed E-state index contributed by atoms with van der Waals surface area (Å²) >= 11 is 0. The maximum Gasteiger partial charge on any atom is 0.0456 e. The highest BCUT2D eigenvalue weighted by molar-refractivity contribution is 5.22. The van der Waals surface area contributed by atoms with Crippen LogP contribution in [0.25, 0.3) is 0 Å². The van der Waals surface area contributed by atoms with Gasteiger partial charge in [0.2, 0.25) is 0 Å². The van der Waals surface area contributed by atoms with Crippen LogP contribution in [-0.2, 0) is 12.8 Å². The van der Waals surface area contributed by atoms with Gasteiger partial charge in [-0.1, -0.05) is 70.2 Å². The van der Waals surface area contributed by atoms with Crippen molar-refractivity contribution in [3.8, 4) is 0 Å². The van der Waals surface area contributed by atoms with Crippen LogP contribution < -0.4 is 0 Å². The zero-order chi connectivity index (χ0) is 14.6. The second-order valence-corrected chi connectivity index (χ2v) is 6.16. The number of hydrogen-bond acceptors (Lipinski definition) is 1. The van der Waals surface area contributed by atoms with Crippen LogP contribution in [0.1, 0.15) is 69.9 Å². The van der Waals surface area contributed by atoms with Crippen molar-refractivity contribution in [3.05, 3.63) is 35.4 Å². The summed E-state index contributed by atoms with van der Waals surface area (Å²) in [7, 11) is 0. The number of aliphatic hydroxyl groups is 1. The molecule has 0 aliphatic carbocycles. The summed E-state index contributed by atoms with van der Waals surface area (Å²) in [5.74, 6) is 0.415. The van der Waals surface area contributed by atoms with Crippen molar-refractivity contribution in [1.29, 1.82) is 0 Å². The summed E-state index contributed by atoms with van der Waals surface area (Å²) in [4.78, 5) is 0. The molecule has 20 heavy (non-hydrogen) atoms. The number of unbranched alkanes of at least 4 members (excludes halogenated alkanes) is 5. The summed E-state index contributed by atoms with van der Waals surface area (Å²) in [5, 5.41) is 9.03. The van der Waals surface area contributed by atoms with Gasteiger partial charge in [-0.15, -0.1) is 0 Å². The number of rotatable bonds is 11. The maximum absolute atomic E-state index is 9.03. The first kappa shape index (κ1) is 17.2. The Morgan fingerprint density at radius 2 is 1.40 bits per heavy atom. The van der Waals surface area contributed by atoms with E-state index in [9.17, 15) is 0 Å². The average molecular weight is 276 g/mol. The Morgan fingerprint density at radius 3 is 2.00 bits per heavy atom. The van der Waals surface area contributed by atoms with Gasteiger partial charge in [-0.25, -0.2) is 0 Å². The average Bonchev–Trinajstić information content (AvgIpc) is 2.49. The van der Waals surface area contributed by atoms with Gasteiger partial charge in [-0.05, 0) is 42.7 Å². The number of hydrogen-bond donors (Lipinski definition) is 1. The molecular weight excluding hydrogens is 244 g/mol. The number of aryl methyl sites for hydroxylation is 2. The first-order chi connectivity index (χ1) is 9.76. The fourth-order valence-corrected chi connectivity index (χ4v) is 2.49. The van der Waals surface area contributed by atoms with Crippen LogP contribution in [0.15, 0.2) is 24.3 Å². The largest absolute Gasteiger partial charge is 0.396 e. The molecule has 1 N–H and O–H groups in total. The highest BCUT2D eigenvalue weighted by atomic mass is 16.3. The molecule has 1 aromatic carbocycles. The van der Waals surface area contributed by atoms with Crippen molar-refractivity contribution in [3.63, 3.8) is 0 Å². The third-order valence-corrected chi connectivity index (χ3v) is 4.08. The van der Waals surface area contributed by atoms with Gasteiger partial charge in [0.05, 0.1) is 0 Å². The quantitative estimate of drug-likeness (QED) is 0.554. The van der Waals surface area contributed by atoms with E-state index in [0.29, 0.717) is 12.5 Å². The van der Waals surface area contributed by atoms with E-state index in [-0.39, 0.29) is 0 Å². The molecule has 0 heterocycles. The van der Waals surface area contributed by atoms with E-state index in [1.165, 1.54) is 56.1 Å². The van der Waals surface area contributed by atoms with Gasteiger partial charge in [0.15, 0.2) is 0 Å². The van der Waals surface area contributed by atoms with Crippen LogP contribution in [0.5, 0.6) is 0 Å². The fourth-order valence-electron chi connectivity index (χ4n) is 2.49. The van der Waals surface area contributed by atoms with Crippen molar-refractivity contribution < 1.29 is 5.11 Å². The molecule has 1 nitrogen and oxygen atoms in total. The van der Waals surface area contributed by atoms with Crippen LogP contribution >= 0.6 is 0 Å². The monoisotopic (exact) mass is 276 g/mol. The molecule has 1 heteroatoms. The maximum atomic E-state index is 9.03. The molecule has 0 spiro atoms. The van der Waals surface area contributed by atoms with Crippen molar-refractivity contribution in [2.45, 2.75) is 71.6 Å². The summed E-state index contributed by atoms with van der Waals surface area (Å²) in [6.07, 6.45) is 11.6. The van der Waals surface area contributed by atoms with Crippen LogP contribution in [0, 0.1) is 5.92 Å². The molecule has 0 saturated carbocycles. The summed E-state index contributed by atoms with van der Waals surface area (Å²) in [5.41, 5.74) is 2.87. The number of benzene rings is 1. The van der Waals surface area contributed by atoms with Crippen LogP contribution in [0.2, 0.25) is 0 Å². The molecule has 0 aliphatic heterocycles. The lowest BCUT2D eigenvalue weighted by Gasteiger charge is -2.08. The molecule has 0 fully saturated rings. The van der Waals surface area contributed by atoms with Gasteiger partial charge in [0.1, 0.15) is 0 Å². The first-order valence-corrected chi connectivity index (χ1v) is 8.45. The summed E-state index contributed by atoms with van der Waals surface area (Å²) in [6, 6.07) is 9.09. The van der Waals surface area contributed by atoms with E-state index in [1.54, 1.807) is 0 Å². The van der Waals surface area contributed by atoms with Gasteiger partial charge in [-0.2, -0.15) is 0 Å². The molecule has 0 bridgehead atoms. The topological polar surface area (TPSA) is 20.2 Å². The van der Waals surface area contributed by atoms with Gasteiger partial charge in [-0.3, -0.25) is 0 Å². The lowest BCUT2D eigenvalue weighted by Crippen LogP contribution is -2.02. The Bertz CT molecular complexity index is 328. The minimum absolute atomic E-state index is 0.302. The second kappa shape index (κ2) is 10.9. The van der Waals surface area contributed by atoms with Crippen LogP contribution in [-0.4, -0.2) is 11.7 Å². The van der Waals surface area contributed by atoms with Crippen molar-refractivity contribution in [2.24, 2.45) is 5.92 Å². The Hall–Kier alpha value is -0.820. The first-order valence-electron chi connectivity index (χ1n) is 8.45. The zero-order valence-electron chi connectivity index (χ0n) is 13.4. The lowest BCUT2D eigenvalue weighted by atomic mass is 9.99. The van der Waals surface area contributed by atoms with E-state index in [1.807, 2.05) is 0 Å². The molecular formula is C19H32O. The molecule has 0 aliphatic rings. The molecule has 0 aromatic heterocycles. The van der Waals surface area contributed by atoms with E-state index in [4.69, 9.17) is 5.11 Å². The second-order valence-electron chi connectivity index (χ2n) is 6.16. The third-order valence-electron chi connectivity index (χ3n) is 4.08. The Morgan fingerprint density at radius 1 is 0.850 bits per heavy atom. The van der Waals surface area contributed by atoms with Crippen LogP contribution in [0.3, 0.4) is 0 Å². The predicted octanol–water partition coefficient (Wildman–Crippen LogP) is 5.15. The van der Waals surface area contributed by atoms with E-state index in [0.717, 1.165) is 12.8 Å². The normalized spacial score (nSPS) is 12.6. The van der Waals surface area contributed by atoms with Crippen LogP contribution in [0.4, 0.5) is 0 Å². The minimum Gasteiger partial charge on any atom is -0.396 e. The summed E-state index contributed by atoms with van der Waals surface area (Å²) in [6.45, 7) is 4.67. The molecule has 0 radical (unpaired) electrons. The Labute approximate surface area is 125 Å². The van der Waals surface area contributed by atoms with Gasteiger partial charge in [0, 0.05) is 6.61 Å². The molecule has 114 valence electrons. The third kappa shape index (κ3) is 7.69. The van der Waals surface area contributed by atoms with Crippen molar-refractivity contribution in [1.82, 2.24) is 0 Å².